The number of carbonyl (C=O) groups excluding carboxylic acids is 1. The maximum atomic E-state index is 12.7. The Morgan fingerprint density at radius 1 is 1.21 bits per heavy atom. The Morgan fingerprint density at radius 2 is 1.96 bits per heavy atom. The number of fused-ring (bicyclic) bond motifs is 1. The third-order valence-electron chi connectivity index (χ3n) is 3.87. The number of amides is 1. The Hall–Kier alpha value is -2.04. The molecular formula is C19H18ClNO2S. The zero-order valence-electron chi connectivity index (χ0n) is 13.7. The second-order valence-electron chi connectivity index (χ2n) is 5.80. The van der Waals surface area contributed by atoms with Crippen LogP contribution in [0.25, 0.3) is 10.1 Å². The van der Waals surface area contributed by atoms with Crippen LogP contribution in [0.4, 0.5) is 5.69 Å². The number of methoxy groups -OCH3 is 1. The van der Waals surface area contributed by atoms with Gasteiger partial charge in [-0.25, -0.2) is 0 Å². The van der Waals surface area contributed by atoms with Crippen LogP contribution in [0.1, 0.15) is 35.0 Å². The largest absolute Gasteiger partial charge is 0.497 e. The molecule has 0 fully saturated rings. The third-order valence-corrected chi connectivity index (χ3v) is 5.55. The minimum Gasteiger partial charge on any atom is -0.497 e. The molecule has 0 spiro atoms. The minimum atomic E-state index is -0.187. The van der Waals surface area contributed by atoms with E-state index in [1.807, 2.05) is 42.5 Å². The Morgan fingerprint density at radius 3 is 2.67 bits per heavy atom. The van der Waals surface area contributed by atoms with Crippen LogP contribution in [0.15, 0.2) is 42.5 Å². The molecule has 2 aromatic carbocycles. The predicted molar refractivity (Wildman–Crippen MR) is 102 cm³/mol. The van der Waals surface area contributed by atoms with E-state index in [0.29, 0.717) is 15.8 Å². The predicted octanol–water partition coefficient (Wildman–Crippen LogP) is 5.94. The van der Waals surface area contributed by atoms with Gasteiger partial charge in [-0.2, -0.15) is 0 Å². The lowest BCUT2D eigenvalue weighted by Crippen LogP contribution is -2.12. The van der Waals surface area contributed by atoms with Gasteiger partial charge >= 0.3 is 0 Å². The lowest BCUT2D eigenvalue weighted by Gasteiger charge is -2.13. The van der Waals surface area contributed by atoms with Gasteiger partial charge in [0, 0.05) is 15.8 Å². The average Bonchev–Trinajstić information content (AvgIpc) is 2.91. The fraction of sp³-hybridized carbons (Fsp3) is 0.211. The molecule has 0 bridgehead atoms. The Kier molecular flexibility index (Phi) is 4.78. The first-order valence-corrected chi connectivity index (χ1v) is 8.87. The average molecular weight is 360 g/mol. The summed E-state index contributed by atoms with van der Waals surface area (Å²) in [4.78, 5) is 13.2. The van der Waals surface area contributed by atoms with E-state index in [1.165, 1.54) is 11.3 Å². The molecule has 1 heterocycles. The van der Waals surface area contributed by atoms with Gasteiger partial charge in [0.1, 0.15) is 10.6 Å². The molecule has 0 unspecified atom stereocenters. The molecule has 24 heavy (non-hydrogen) atoms. The van der Waals surface area contributed by atoms with E-state index in [0.717, 1.165) is 27.1 Å². The molecule has 3 rings (SSSR count). The first kappa shape index (κ1) is 16.8. The monoisotopic (exact) mass is 359 g/mol. The molecule has 1 N–H and O–H groups in total. The topological polar surface area (TPSA) is 38.3 Å². The molecule has 0 aliphatic carbocycles. The van der Waals surface area contributed by atoms with Crippen LogP contribution in [0.3, 0.4) is 0 Å². The molecule has 3 aromatic rings. The van der Waals surface area contributed by atoms with Crippen LogP contribution >= 0.6 is 22.9 Å². The second-order valence-corrected chi connectivity index (χ2v) is 7.23. The zero-order chi connectivity index (χ0) is 17.3. The highest BCUT2D eigenvalue weighted by Crippen LogP contribution is 2.38. The molecule has 0 radical (unpaired) electrons. The number of carbonyl (C=O) groups is 1. The first-order chi connectivity index (χ1) is 11.5. The van der Waals surface area contributed by atoms with Gasteiger partial charge in [0.15, 0.2) is 0 Å². The summed E-state index contributed by atoms with van der Waals surface area (Å²) in [5, 5.41) is 4.30. The molecule has 124 valence electrons. The molecule has 0 saturated carbocycles. The van der Waals surface area contributed by atoms with Crippen LogP contribution in [0, 0.1) is 0 Å². The molecule has 5 heteroatoms. The van der Waals surface area contributed by atoms with Gasteiger partial charge in [-0.1, -0.05) is 43.6 Å². The summed E-state index contributed by atoms with van der Waals surface area (Å²) in [6.45, 7) is 4.20. The first-order valence-electron chi connectivity index (χ1n) is 7.67. The number of halogens is 1. The fourth-order valence-electron chi connectivity index (χ4n) is 2.61. The number of ether oxygens (including phenoxy) is 1. The quantitative estimate of drug-likeness (QED) is 0.626. The maximum Gasteiger partial charge on any atom is 0.267 e. The molecule has 3 nitrogen and oxygen atoms in total. The number of rotatable bonds is 4. The number of para-hydroxylation sites is 1. The standard InChI is InChI=1S/C19H18ClNO2S/c1-11(2)13-6-4-5-7-15(13)21-19(22)18-17(20)14-10-12(23-3)8-9-16(14)24-18/h4-11H,1-3H3,(H,21,22). The van der Waals surface area contributed by atoms with E-state index < -0.39 is 0 Å². The second kappa shape index (κ2) is 6.83. The lowest BCUT2D eigenvalue weighted by molar-refractivity contribution is 0.103. The summed E-state index contributed by atoms with van der Waals surface area (Å²) >= 11 is 7.83. The van der Waals surface area contributed by atoms with E-state index in [4.69, 9.17) is 16.3 Å². The van der Waals surface area contributed by atoms with Crippen LogP contribution in [-0.4, -0.2) is 13.0 Å². The van der Waals surface area contributed by atoms with Crippen LogP contribution in [-0.2, 0) is 0 Å². The molecule has 0 aliphatic heterocycles. The van der Waals surface area contributed by atoms with Crippen molar-refractivity contribution in [2.24, 2.45) is 0 Å². The number of thiophene rings is 1. The van der Waals surface area contributed by atoms with Gasteiger partial charge in [0.25, 0.3) is 5.91 Å². The summed E-state index contributed by atoms with van der Waals surface area (Å²) in [6, 6.07) is 13.5. The van der Waals surface area contributed by atoms with Crippen molar-refractivity contribution in [2.45, 2.75) is 19.8 Å². The van der Waals surface area contributed by atoms with Crippen LogP contribution in [0.5, 0.6) is 5.75 Å². The summed E-state index contributed by atoms with van der Waals surface area (Å²) in [5.74, 6) is 0.858. The molecule has 0 saturated heterocycles. The zero-order valence-corrected chi connectivity index (χ0v) is 15.3. The van der Waals surface area contributed by atoms with Crippen LogP contribution < -0.4 is 10.1 Å². The lowest BCUT2D eigenvalue weighted by atomic mass is 10.0. The van der Waals surface area contributed by atoms with Crippen LogP contribution in [0.2, 0.25) is 5.02 Å². The van der Waals surface area contributed by atoms with Gasteiger partial charge in [0.2, 0.25) is 0 Å². The Bertz CT molecular complexity index is 902. The molecule has 0 aliphatic rings. The fourth-order valence-corrected chi connectivity index (χ4v) is 4.00. The highest BCUT2D eigenvalue weighted by atomic mass is 35.5. The SMILES string of the molecule is COc1ccc2sc(C(=O)Nc3ccccc3C(C)C)c(Cl)c2c1. The van der Waals surface area contributed by atoms with E-state index in [9.17, 15) is 4.79 Å². The molecular weight excluding hydrogens is 342 g/mol. The number of anilines is 1. The Labute approximate surface area is 150 Å². The number of hydrogen-bond acceptors (Lipinski definition) is 3. The van der Waals surface area contributed by atoms with E-state index in [1.54, 1.807) is 7.11 Å². The molecule has 1 amide bonds. The summed E-state index contributed by atoms with van der Waals surface area (Å²) < 4.78 is 6.19. The summed E-state index contributed by atoms with van der Waals surface area (Å²) in [5.41, 5.74) is 1.92. The summed E-state index contributed by atoms with van der Waals surface area (Å²) in [7, 11) is 1.61. The van der Waals surface area contributed by atoms with Crippen molar-refractivity contribution in [1.29, 1.82) is 0 Å². The number of nitrogens with one attached hydrogen (secondary N) is 1. The minimum absolute atomic E-state index is 0.187. The van der Waals surface area contributed by atoms with Gasteiger partial charge in [-0.3, -0.25) is 4.79 Å². The van der Waals surface area contributed by atoms with Crippen molar-refractivity contribution in [2.75, 3.05) is 12.4 Å². The smallest absolute Gasteiger partial charge is 0.267 e. The highest BCUT2D eigenvalue weighted by Gasteiger charge is 2.19. The van der Waals surface area contributed by atoms with Gasteiger partial charge < -0.3 is 10.1 Å². The van der Waals surface area contributed by atoms with E-state index >= 15 is 0 Å². The van der Waals surface area contributed by atoms with Gasteiger partial charge in [-0.05, 0) is 35.7 Å². The van der Waals surface area contributed by atoms with Crippen molar-refractivity contribution >= 4 is 44.6 Å². The van der Waals surface area contributed by atoms with E-state index in [-0.39, 0.29) is 5.91 Å². The number of hydrogen-bond donors (Lipinski definition) is 1. The van der Waals surface area contributed by atoms with E-state index in [2.05, 4.69) is 19.2 Å². The normalized spacial score (nSPS) is 11.0. The number of benzene rings is 2. The van der Waals surface area contributed by atoms with Crippen molar-refractivity contribution < 1.29 is 9.53 Å². The summed E-state index contributed by atoms with van der Waals surface area (Å²) in [6.07, 6.45) is 0. The Balaban J connectivity index is 1.96. The third kappa shape index (κ3) is 3.12. The van der Waals surface area contributed by atoms with Crippen molar-refractivity contribution in [1.82, 2.24) is 0 Å². The van der Waals surface area contributed by atoms with Gasteiger partial charge in [0.05, 0.1) is 12.1 Å². The maximum absolute atomic E-state index is 12.7. The highest BCUT2D eigenvalue weighted by molar-refractivity contribution is 7.21. The van der Waals surface area contributed by atoms with Crippen molar-refractivity contribution in [3.05, 3.63) is 57.9 Å². The molecule has 0 atom stereocenters. The molecule has 1 aromatic heterocycles. The van der Waals surface area contributed by atoms with Crippen molar-refractivity contribution in [3.8, 4) is 5.75 Å². The van der Waals surface area contributed by atoms with Gasteiger partial charge in [-0.15, -0.1) is 11.3 Å². The van der Waals surface area contributed by atoms with Crippen molar-refractivity contribution in [3.63, 3.8) is 0 Å².